The number of hydrogen-bond acceptors (Lipinski definition) is 4. The Bertz CT molecular complexity index is 538. The molecule has 180 valence electrons. The molecule has 1 aromatic rings. The molecule has 0 amide bonds. The number of hydrogen-bond donors (Lipinski definition) is 0. The van der Waals surface area contributed by atoms with E-state index < -0.39 is 8.56 Å². The van der Waals surface area contributed by atoms with E-state index in [2.05, 4.69) is 20.8 Å². The van der Waals surface area contributed by atoms with Gasteiger partial charge in [-0.2, -0.15) is 0 Å². The molecule has 0 fully saturated rings. The Morgan fingerprint density at radius 1 is 0.645 bits per heavy atom. The topological polar surface area (TPSA) is 36.9 Å². The number of para-hydroxylation sites is 1. The van der Waals surface area contributed by atoms with Crippen molar-refractivity contribution in [2.75, 3.05) is 20.8 Å². The van der Waals surface area contributed by atoms with Crippen LogP contribution in [-0.4, -0.2) is 29.4 Å². The van der Waals surface area contributed by atoms with Gasteiger partial charge in [0.25, 0.3) is 0 Å². The van der Waals surface area contributed by atoms with E-state index in [-0.39, 0.29) is 0 Å². The molecule has 0 unspecified atom stereocenters. The minimum Gasteiger partial charge on any atom is -0.515 e. The second-order valence-electron chi connectivity index (χ2n) is 8.45. The largest absolute Gasteiger partial charge is 0.515 e. The Kier molecular flexibility index (Phi) is 15.6. The second kappa shape index (κ2) is 17.4. The van der Waals surface area contributed by atoms with Crippen molar-refractivity contribution in [2.24, 2.45) is 0 Å². The zero-order valence-corrected chi connectivity index (χ0v) is 22.0. The lowest BCUT2D eigenvalue weighted by molar-refractivity contribution is 0.224. The van der Waals surface area contributed by atoms with E-state index in [1.54, 1.807) is 14.2 Å². The van der Waals surface area contributed by atoms with Crippen molar-refractivity contribution in [3.8, 4) is 17.2 Å². The number of rotatable bonds is 20. The maximum absolute atomic E-state index is 6.52. The standard InChI is InChI=1S/C26H48O4Si/c1-6-9-10-11-12-13-14-15-16-17-18-19-23-29-31(7-2,8-3)30-26-24(27-4)21-20-22-25(26)28-5/h20-22H,6-19,23H2,1-5H3. The maximum Gasteiger partial charge on any atom is 0.398 e. The molecule has 0 saturated heterocycles. The normalized spacial score (nSPS) is 11.5. The van der Waals surface area contributed by atoms with Crippen molar-refractivity contribution >= 4 is 8.56 Å². The summed E-state index contributed by atoms with van der Waals surface area (Å²) in [6.45, 7) is 7.39. The van der Waals surface area contributed by atoms with Crippen LogP contribution in [0.15, 0.2) is 18.2 Å². The van der Waals surface area contributed by atoms with Crippen LogP contribution in [0, 0.1) is 0 Å². The van der Waals surface area contributed by atoms with Crippen molar-refractivity contribution in [3.05, 3.63) is 18.2 Å². The third-order valence-corrected chi connectivity index (χ3v) is 9.57. The van der Waals surface area contributed by atoms with Gasteiger partial charge in [-0.15, -0.1) is 0 Å². The molecular weight excluding hydrogens is 404 g/mol. The molecule has 0 heterocycles. The van der Waals surface area contributed by atoms with Gasteiger partial charge in [-0.3, -0.25) is 0 Å². The van der Waals surface area contributed by atoms with Crippen LogP contribution < -0.4 is 13.9 Å². The summed E-state index contributed by atoms with van der Waals surface area (Å²) in [6, 6.07) is 7.55. The zero-order valence-electron chi connectivity index (χ0n) is 21.0. The summed E-state index contributed by atoms with van der Waals surface area (Å²) in [6.07, 6.45) is 16.2. The first-order chi connectivity index (χ1) is 15.2. The van der Waals surface area contributed by atoms with Crippen LogP contribution in [0.25, 0.3) is 0 Å². The first-order valence-corrected chi connectivity index (χ1v) is 14.9. The Morgan fingerprint density at radius 2 is 1.10 bits per heavy atom. The predicted molar refractivity (Wildman–Crippen MR) is 134 cm³/mol. The fourth-order valence-electron chi connectivity index (χ4n) is 3.93. The average molecular weight is 453 g/mol. The molecule has 0 saturated carbocycles. The first-order valence-electron chi connectivity index (χ1n) is 12.7. The van der Waals surface area contributed by atoms with E-state index in [1.807, 2.05) is 18.2 Å². The quantitative estimate of drug-likeness (QED) is 0.147. The van der Waals surface area contributed by atoms with E-state index in [0.717, 1.165) is 25.1 Å². The highest BCUT2D eigenvalue weighted by Gasteiger charge is 2.37. The Balaban J connectivity index is 2.31. The van der Waals surface area contributed by atoms with E-state index >= 15 is 0 Å². The molecule has 1 aromatic carbocycles. The lowest BCUT2D eigenvalue weighted by Crippen LogP contribution is -2.44. The summed E-state index contributed by atoms with van der Waals surface area (Å²) in [5, 5.41) is 0. The van der Waals surface area contributed by atoms with Gasteiger partial charge in [-0.25, -0.2) is 0 Å². The molecule has 0 aliphatic rings. The molecular formula is C26H48O4Si. The highest BCUT2D eigenvalue weighted by atomic mass is 28.4. The monoisotopic (exact) mass is 452 g/mol. The van der Waals surface area contributed by atoms with Crippen LogP contribution in [0.4, 0.5) is 0 Å². The van der Waals surface area contributed by atoms with Crippen LogP contribution in [0.5, 0.6) is 17.2 Å². The van der Waals surface area contributed by atoms with E-state index in [9.17, 15) is 0 Å². The van der Waals surface area contributed by atoms with Gasteiger partial charge in [0, 0.05) is 6.61 Å². The highest BCUT2D eigenvalue weighted by Crippen LogP contribution is 2.39. The van der Waals surface area contributed by atoms with Gasteiger partial charge in [0.15, 0.2) is 17.2 Å². The molecule has 0 radical (unpaired) electrons. The second-order valence-corrected chi connectivity index (χ2v) is 12.2. The predicted octanol–water partition coefficient (Wildman–Crippen LogP) is 8.28. The van der Waals surface area contributed by atoms with Crippen LogP contribution in [0.2, 0.25) is 12.1 Å². The lowest BCUT2D eigenvalue weighted by Gasteiger charge is -2.30. The van der Waals surface area contributed by atoms with Crippen LogP contribution >= 0.6 is 0 Å². The van der Waals surface area contributed by atoms with Gasteiger partial charge in [-0.05, 0) is 30.6 Å². The third-order valence-electron chi connectivity index (χ3n) is 6.11. The number of unbranched alkanes of at least 4 members (excludes halogenated alkanes) is 11. The van der Waals surface area contributed by atoms with Gasteiger partial charge in [-0.1, -0.05) is 97.5 Å². The van der Waals surface area contributed by atoms with Crippen LogP contribution in [0.1, 0.15) is 97.8 Å². The van der Waals surface area contributed by atoms with Crippen molar-refractivity contribution in [1.82, 2.24) is 0 Å². The van der Waals surface area contributed by atoms with Crippen molar-refractivity contribution in [2.45, 2.75) is 110 Å². The van der Waals surface area contributed by atoms with E-state index in [4.69, 9.17) is 18.3 Å². The average Bonchev–Trinajstić information content (AvgIpc) is 2.81. The van der Waals surface area contributed by atoms with Crippen molar-refractivity contribution in [3.63, 3.8) is 0 Å². The summed E-state index contributed by atoms with van der Waals surface area (Å²) < 4.78 is 24.0. The number of ether oxygens (including phenoxy) is 2. The van der Waals surface area contributed by atoms with Crippen LogP contribution in [0.3, 0.4) is 0 Å². The molecule has 0 aliphatic carbocycles. The number of methoxy groups -OCH3 is 2. The minimum absolute atomic E-state index is 0.678. The SMILES string of the molecule is CCCCCCCCCCCCCCO[Si](CC)(CC)Oc1c(OC)cccc1OC. The summed E-state index contributed by atoms with van der Waals surface area (Å²) in [7, 11) is 0.986. The summed E-state index contributed by atoms with van der Waals surface area (Å²) >= 11 is 0. The Morgan fingerprint density at radius 3 is 1.52 bits per heavy atom. The smallest absolute Gasteiger partial charge is 0.398 e. The minimum atomic E-state index is -2.34. The maximum atomic E-state index is 6.52. The van der Waals surface area contributed by atoms with Gasteiger partial charge in [0.2, 0.25) is 0 Å². The fraction of sp³-hybridized carbons (Fsp3) is 0.769. The van der Waals surface area contributed by atoms with Gasteiger partial charge >= 0.3 is 8.56 Å². The number of benzene rings is 1. The molecule has 0 bridgehead atoms. The molecule has 31 heavy (non-hydrogen) atoms. The van der Waals surface area contributed by atoms with Gasteiger partial charge < -0.3 is 18.3 Å². The summed E-state index contributed by atoms with van der Waals surface area (Å²) in [5.41, 5.74) is 0. The molecule has 0 aromatic heterocycles. The van der Waals surface area contributed by atoms with E-state index in [1.165, 1.54) is 70.6 Å². The molecule has 0 aliphatic heterocycles. The van der Waals surface area contributed by atoms with Crippen LogP contribution in [-0.2, 0) is 4.43 Å². The Labute approximate surface area is 193 Å². The molecule has 5 heteroatoms. The van der Waals surface area contributed by atoms with Gasteiger partial charge in [0.1, 0.15) is 0 Å². The van der Waals surface area contributed by atoms with Crippen molar-refractivity contribution in [1.29, 1.82) is 0 Å². The first kappa shape index (κ1) is 27.8. The zero-order chi connectivity index (χ0) is 22.8. The molecule has 0 N–H and O–H groups in total. The fourth-order valence-corrected chi connectivity index (χ4v) is 6.28. The van der Waals surface area contributed by atoms with Gasteiger partial charge in [0.05, 0.1) is 14.2 Å². The molecule has 0 atom stereocenters. The molecule has 4 nitrogen and oxygen atoms in total. The molecule has 0 spiro atoms. The third kappa shape index (κ3) is 10.8. The summed E-state index contributed by atoms with van der Waals surface area (Å²) in [4.78, 5) is 0. The highest BCUT2D eigenvalue weighted by molar-refractivity contribution is 6.68. The molecule has 1 rings (SSSR count). The van der Waals surface area contributed by atoms with E-state index in [0.29, 0.717) is 17.2 Å². The Hall–Kier alpha value is -1.20. The lowest BCUT2D eigenvalue weighted by atomic mass is 10.1. The van der Waals surface area contributed by atoms with Crippen molar-refractivity contribution < 1.29 is 18.3 Å². The summed E-state index contributed by atoms with van der Waals surface area (Å²) in [5.74, 6) is 2.08.